The fourth-order valence-corrected chi connectivity index (χ4v) is 4.80. The topological polar surface area (TPSA) is 56.5 Å². The molecule has 186 valence electrons. The normalized spacial score (nSPS) is 12.4. The fourth-order valence-electron chi connectivity index (χ4n) is 4.19. The third-order valence-corrected chi connectivity index (χ3v) is 7.22. The largest absolute Gasteiger partial charge is 0.487 e. The van der Waals surface area contributed by atoms with Crippen molar-refractivity contribution >= 4 is 55.4 Å². The van der Waals surface area contributed by atoms with Crippen molar-refractivity contribution in [3.63, 3.8) is 0 Å². The van der Waals surface area contributed by atoms with Crippen molar-refractivity contribution < 1.29 is 4.74 Å². The zero-order chi connectivity index (χ0) is 25.9. The third kappa shape index (κ3) is 5.31. The summed E-state index contributed by atoms with van der Waals surface area (Å²) in [6.45, 7) is 4.51. The Bertz CT molecular complexity index is 1690. The van der Waals surface area contributed by atoms with Crippen LogP contribution in [0.25, 0.3) is 21.7 Å². The van der Waals surface area contributed by atoms with E-state index in [1.807, 2.05) is 49.4 Å². The summed E-state index contributed by atoms with van der Waals surface area (Å²) in [6, 6.07) is 25.4. The number of rotatable bonds is 7. The summed E-state index contributed by atoms with van der Waals surface area (Å²) in [7, 11) is 0. The highest BCUT2D eigenvalue weighted by molar-refractivity contribution is 9.10. The van der Waals surface area contributed by atoms with Crippen LogP contribution in [0.3, 0.4) is 0 Å². The predicted molar refractivity (Wildman–Crippen MR) is 155 cm³/mol. The lowest BCUT2D eigenvalue weighted by Gasteiger charge is -2.14. The second-order valence-electron chi connectivity index (χ2n) is 8.92. The molecular formula is C30H25BrClN3O2. The van der Waals surface area contributed by atoms with E-state index in [-0.39, 0.29) is 11.5 Å². The van der Waals surface area contributed by atoms with Crippen molar-refractivity contribution in [3.8, 4) is 5.75 Å². The smallest absolute Gasteiger partial charge is 0.282 e. The minimum atomic E-state index is -0.209. The van der Waals surface area contributed by atoms with Crippen LogP contribution in [0, 0.1) is 0 Å². The van der Waals surface area contributed by atoms with Gasteiger partial charge in [-0.1, -0.05) is 83.8 Å². The van der Waals surface area contributed by atoms with Gasteiger partial charge >= 0.3 is 0 Å². The molecule has 0 fully saturated rings. The third-order valence-electron chi connectivity index (χ3n) is 6.43. The molecule has 0 aliphatic carbocycles. The second-order valence-corrected chi connectivity index (χ2v) is 10.2. The molecule has 1 atom stereocenters. The van der Waals surface area contributed by atoms with Crippen molar-refractivity contribution in [2.45, 2.75) is 32.8 Å². The molecule has 5 aromatic rings. The minimum Gasteiger partial charge on any atom is -0.487 e. The van der Waals surface area contributed by atoms with Crippen molar-refractivity contribution in [1.29, 1.82) is 0 Å². The van der Waals surface area contributed by atoms with Crippen LogP contribution in [-0.4, -0.2) is 15.9 Å². The molecule has 0 spiro atoms. The summed E-state index contributed by atoms with van der Waals surface area (Å²) in [5.41, 5.74) is 2.29. The van der Waals surface area contributed by atoms with E-state index in [0.29, 0.717) is 34.1 Å². The van der Waals surface area contributed by atoms with Gasteiger partial charge in [-0.3, -0.25) is 4.79 Å². The number of aromatic nitrogens is 2. The molecular weight excluding hydrogens is 550 g/mol. The zero-order valence-electron chi connectivity index (χ0n) is 20.5. The number of hydrogen-bond donors (Lipinski definition) is 0. The molecule has 0 radical (unpaired) electrons. The van der Waals surface area contributed by atoms with Crippen LogP contribution < -0.4 is 10.3 Å². The Morgan fingerprint density at radius 2 is 1.86 bits per heavy atom. The Kier molecular flexibility index (Phi) is 7.40. The first-order valence-corrected chi connectivity index (χ1v) is 13.3. The van der Waals surface area contributed by atoms with Crippen LogP contribution in [0.5, 0.6) is 5.75 Å². The van der Waals surface area contributed by atoms with Crippen LogP contribution in [0.1, 0.15) is 43.1 Å². The first-order chi connectivity index (χ1) is 17.9. The lowest BCUT2D eigenvalue weighted by atomic mass is 10.1. The number of fused-ring (bicyclic) bond motifs is 2. The summed E-state index contributed by atoms with van der Waals surface area (Å²) in [5, 5.41) is 7.83. The van der Waals surface area contributed by atoms with Gasteiger partial charge in [-0.2, -0.15) is 9.78 Å². The maximum Gasteiger partial charge on any atom is 0.282 e. The van der Waals surface area contributed by atoms with Crippen molar-refractivity contribution in [1.82, 2.24) is 9.66 Å². The molecule has 1 aromatic heterocycles. The van der Waals surface area contributed by atoms with Crippen LogP contribution >= 0.6 is 27.5 Å². The van der Waals surface area contributed by atoms with Crippen LogP contribution in [0.2, 0.25) is 5.02 Å². The van der Waals surface area contributed by atoms with E-state index in [2.05, 4.69) is 52.2 Å². The van der Waals surface area contributed by atoms with Crippen LogP contribution in [0.4, 0.5) is 0 Å². The highest BCUT2D eigenvalue weighted by Crippen LogP contribution is 2.27. The molecule has 0 amide bonds. The Balaban J connectivity index is 1.42. The molecule has 0 bridgehead atoms. The van der Waals surface area contributed by atoms with E-state index in [1.54, 1.807) is 18.3 Å². The van der Waals surface area contributed by atoms with Gasteiger partial charge in [0.25, 0.3) is 5.56 Å². The van der Waals surface area contributed by atoms with E-state index >= 15 is 0 Å². The summed E-state index contributed by atoms with van der Waals surface area (Å²) in [5.74, 6) is 1.27. The monoisotopic (exact) mass is 573 g/mol. The number of halogens is 2. The Morgan fingerprint density at radius 3 is 2.68 bits per heavy atom. The predicted octanol–water partition coefficient (Wildman–Crippen LogP) is 7.94. The Labute approximate surface area is 228 Å². The maximum absolute atomic E-state index is 13.3. The van der Waals surface area contributed by atoms with E-state index in [0.717, 1.165) is 27.4 Å². The highest BCUT2D eigenvalue weighted by atomic mass is 79.9. The maximum atomic E-state index is 13.3. The standard InChI is InChI=1S/C30H25BrClN3O2/c1-3-19(2)29-34-27-13-12-23(31)16-25(27)30(36)35(29)33-17-20-11-14-28(26(32)15-20)37-18-22-9-6-8-21-7-4-5-10-24(21)22/h4-17,19H,3,18H2,1-2H3/t19-/m0/s1. The number of nitrogens with zero attached hydrogens (tertiary/aromatic N) is 3. The summed E-state index contributed by atoms with van der Waals surface area (Å²) in [4.78, 5) is 18.1. The lowest BCUT2D eigenvalue weighted by Crippen LogP contribution is -2.23. The van der Waals surface area contributed by atoms with Crippen molar-refractivity contribution in [3.05, 3.63) is 116 Å². The lowest BCUT2D eigenvalue weighted by molar-refractivity contribution is 0.308. The molecule has 0 aliphatic rings. The van der Waals surface area contributed by atoms with Crippen LogP contribution in [0.15, 0.2) is 93.2 Å². The molecule has 0 aliphatic heterocycles. The molecule has 5 nitrogen and oxygen atoms in total. The van der Waals surface area contributed by atoms with Gasteiger partial charge in [-0.15, -0.1) is 0 Å². The van der Waals surface area contributed by atoms with E-state index < -0.39 is 0 Å². The number of benzene rings is 4. The number of ether oxygens (including phenoxy) is 1. The molecule has 7 heteroatoms. The van der Waals surface area contributed by atoms with Gasteiger partial charge in [0.05, 0.1) is 22.1 Å². The van der Waals surface area contributed by atoms with Gasteiger partial charge in [0.15, 0.2) is 0 Å². The second kappa shape index (κ2) is 10.9. The van der Waals surface area contributed by atoms with Gasteiger partial charge in [-0.25, -0.2) is 4.98 Å². The molecule has 0 N–H and O–H groups in total. The molecule has 1 heterocycles. The van der Waals surface area contributed by atoms with Crippen molar-refractivity contribution in [2.24, 2.45) is 5.10 Å². The Morgan fingerprint density at radius 1 is 1.05 bits per heavy atom. The van der Waals surface area contributed by atoms with E-state index in [9.17, 15) is 4.79 Å². The minimum absolute atomic E-state index is 0.0614. The highest BCUT2D eigenvalue weighted by Gasteiger charge is 2.15. The zero-order valence-corrected chi connectivity index (χ0v) is 22.8. The van der Waals surface area contributed by atoms with Gasteiger partial charge in [0.1, 0.15) is 18.2 Å². The fraction of sp³-hybridized carbons (Fsp3) is 0.167. The van der Waals surface area contributed by atoms with Gasteiger partial charge in [0, 0.05) is 10.4 Å². The van der Waals surface area contributed by atoms with Gasteiger partial charge in [0.2, 0.25) is 0 Å². The summed E-state index contributed by atoms with van der Waals surface area (Å²) >= 11 is 9.99. The first kappa shape index (κ1) is 25.2. The SMILES string of the molecule is CC[C@H](C)c1nc2ccc(Br)cc2c(=O)n1N=Cc1ccc(OCc2cccc3ccccc23)c(Cl)c1. The average molecular weight is 575 g/mol. The summed E-state index contributed by atoms with van der Waals surface area (Å²) in [6.07, 6.45) is 2.46. The van der Waals surface area contributed by atoms with E-state index in [4.69, 9.17) is 21.3 Å². The molecule has 0 saturated heterocycles. The molecule has 37 heavy (non-hydrogen) atoms. The average Bonchev–Trinajstić information content (AvgIpc) is 2.91. The van der Waals surface area contributed by atoms with Gasteiger partial charge < -0.3 is 4.74 Å². The Hall–Kier alpha value is -3.48. The first-order valence-electron chi connectivity index (χ1n) is 12.1. The quantitative estimate of drug-likeness (QED) is 0.185. The number of hydrogen-bond acceptors (Lipinski definition) is 4. The van der Waals surface area contributed by atoms with Crippen LogP contribution in [-0.2, 0) is 6.61 Å². The van der Waals surface area contributed by atoms with Gasteiger partial charge in [-0.05, 0) is 64.7 Å². The van der Waals surface area contributed by atoms with Crippen molar-refractivity contribution in [2.75, 3.05) is 0 Å². The molecule has 0 saturated carbocycles. The molecule has 4 aromatic carbocycles. The molecule has 0 unspecified atom stereocenters. The molecule has 5 rings (SSSR count). The summed E-state index contributed by atoms with van der Waals surface area (Å²) < 4.78 is 8.25. The van der Waals surface area contributed by atoms with E-state index in [1.165, 1.54) is 10.1 Å².